The third kappa shape index (κ3) is 2.99. The largest absolute Gasteiger partial charge is 0.496 e. The maximum atomic E-state index is 12.2. The standard InChI is InChI=1S/C14H21NO2/c1-5-11-10-12(8-9-13(11)17-4)14(16)15(6-2)7-3/h8-10H,5-7H2,1-4H3. The second kappa shape index (κ2) is 6.28. The zero-order chi connectivity index (χ0) is 12.8. The fourth-order valence-corrected chi connectivity index (χ4v) is 1.88. The molecule has 0 aromatic heterocycles. The first-order chi connectivity index (χ1) is 8.17. The molecule has 0 aliphatic carbocycles. The molecular formula is C14H21NO2. The summed E-state index contributed by atoms with van der Waals surface area (Å²) >= 11 is 0. The summed E-state index contributed by atoms with van der Waals surface area (Å²) < 4.78 is 5.26. The molecule has 1 aromatic carbocycles. The highest BCUT2D eigenvalue weighted by atomic mass is 16.5. The van der Waals surface area contributed by atoms with Crippen molar-refractivity contribution >= 4 is 5.91 Å². The van der Waals surface area contributed by atoms with Crippen molar-refractivity contribution in [3.63, 3.8) is 0 Å². The van der Waals surface area contributed by atoms with Crippen LogP contribution in [0, 0.1) is 0 Å². The van der Waals surface area contributed by atoms with Gasteiger partial charge in [-0.3, -0.25) is 4.79 Å². The molecule has 0 fully saturated rings. The average molecular weight is 235 g/mol. The summed E-state index contributed by atoms with van der Waals surface area (Å²) in [6.45, 7) is 7.52. The molecule has 0 atom stereocenters. The van der Waals surface area contributed by atoms with Gasteiger partial charge in [0.15, 0.2) is 0 Å². The predicted octanol–water partition coefficient (Wildman–Crippen LogP) is 2.74. The normalized spacial score (nSPS) is 10.1. The van der Waals surface area contributed by atoms with Gasteiger partial charge in [0, 0.05) is 18.7 Å². The van der Waals surface area contributed by atoms with Crippen LogP contribution in [0.5, 0.6) is 5.75 Å². The summed E-state index contributed by atoms with van der Waals surface area (Å²) in [6, 6.07) is 5.63. The Morgan fingerprint density at radius 1 is 1.24 bits per heavy atom. The minimum absolute atomic E-state index is 0.0901. The molecule has 3 nitrogen and oxygen atoms in total. The summed E-state index contributed by atoms with van der Waals surface area (Å²) in [5.74, 6) is 0.941. The van der Waals surface area contributed by atoms with Crippen LogP contribution >= 0.6 is 0 Å². The van der Waals surface area contributed by atoms with Gasteiger partial charge in [-0.25, -0.2) is 0 Å². The van der Waals surface area contributed by atoms with E-state index in [2.05, 4.69) is 6.92 Å². The maximum Gasteiger partial charge on any atom is 0.253 e. The molecule has 0 aliphatic heterocycles. The lowest BCUT2D eigenvalue weighted by Crippen LogP contribution is -2.30. The van der Waals surface area contributed by atoms with E-state index in [1.54, 1.807) is 7.11 Å². The molecule has 0 saturated carbocycles. The van der Waals surface area contributed by atoms with Gasteiger partial charge in [-0.2, -0.15) is 0 Å². The first-order valence-electron chi connectivity index (χ1n) is 6.14. The van der Waals surface area contributed by atoms with Crippen LogP contribution in [0.25, 0.3) is 0 Å². The molecule has 94 valence electrons. The first kappa shape index (κ1) is 13.6. The number of carbonyl (C=O) groups is 1. The van der Waals surface area contributed by atoms with Crippen LogP contribution in [0.4, 0.5) is 0 Å². The predicted molar refractivity (Wildman–Crippen MR) is 69.6 cm³/mol. The Kier molecular flexibility index (Phi) is 5.01. The van der Waals surface area contributed by atoms with Crippen LogP contribution in [-0.4, -0.2) is 31.0 Å². The molecule has 0 saturated heterocycles. The van der Waals surface area contributed by atoms with Gasteiger partial charge < -0.3 is 9.64 Å². The smallest absolute Gasteiger partial charge is 0.253 e. The molecule has 1 rings (SSSR count). The fourth-order valence-electron chi connectivity index (χ4n) is 1.88. The van der Waals surface area contributed by atoms with E-state index in [9.17, 15) is 4.79 Å². The highest BCUT2D eigenvalue weighted by Crippen LogP contribution is 2.21. The molecule has 0 N–H and O–H groups in total. The van der Waals surface area contributed by atoms with E-state index in [1.165, 1.54) is 0 Å². The highest BCUT2D eigenvalue weighted by Gasteiger charge is 2.13. The van der Waals surface area contributed by atoms with Crippen LogP contribution in [0.1, 0.15) is 36.7 Å². The average Bonchev–Trinajstić information content (AvgIpc) is 2.39. The Morgan fingerprint density at radius 3 is 2.35 bits per heavy atom. The Balaban J connectivity index is 3.03. The van der Waals surface area contributed by atoms with Crippen molar-refractivity contribution in [2.45, 2.75) is 27.2 Å². The van der Waals surface area contributed by atoms with Crippen LogP contribution in [0.3, 0.4) is 0 Å². The quantitative estimate of drug-likeness (QED) is 0.785. The molecule has 0 bridgehead atoms. The van der Waals surface area contributed by atoms with Crippen molar-refractivity contribution in [3.8, 4) is 5.75 Å². The van der Waals surface area contributed by atoms with Crippen LogP contribution < -0.4 is 4.74 Å². The minimum atomic E-state index is 0.0901. The van der Waals surface area contributed by atoms with E-state index in [1.807, 2.05) is 36.9 Å². The lowest BCUT2D eigenvalue weighted by molar-refractivity contribution is 0.0773. The number of carbonyl (C=O) groups excluding carboxylic acids is 1. The van der Waals surface area contributed by atoms with E-state index in [0.717, 1.165) is 36.4 Å². The number of rotatable bonds is 5. The van der Waals surface area contributed by atoms with Gasteiger partial charge in [-0.15, -0.1) is 0 Å². The molecule has 0 heterocycles. The van der Waals surface area contributed by atoms with Gasteiger partial charge in [0.2, 0.25) is 0 Å². The van der Waals surface area contributed by atoms with E-state index in [0.29, 0.717) is 0 Å². The maximum absolute atomic E-state index is 12.2. The second-order valence-electron chi connectivity index (χ2n) is 3.86. The van der Waals surface area contributed by atoms with E-state index < -0.39 is 0 Å². The highest BCUT2D eigenvalue weighted by molar-refractivity contribution is 5.94. The van der Waals surface area contributed by atoms with Crippen molar-refractivity contribution in [1.82, 2.24) is 4.90 Å². The Labute approximate surface area is 103 Å². The van der Waals surface area contributed by atoms with Gasteiger partial charge in [0.1, 0.15) is 5.75 Å². The van der Waals surface area contributed by atoms with Crippen molar-refractivity contribution in [1.29, 1.82) is 0 Å². The number of amides is 1. The number of methoxy groups -OCH3 is 1. The molecule has 0 radical (unpaired) electrons. The lowest BCUT2D eigenvalue weighted by atomic mass is 10.1. The number of nitrogens with zero attached hydrogens (tertiary/aromatic N) is 1. The SMILES string of the molecule is CCc1cc(C(=O)N(CC)CC)ccc1OC. The van der Waals surface area contributed by atoms with E-state index >= 15 is 0 Å². The zero-order valence-corrected chi connectivity index (χ0v) is 11.1. The van der Waals surface area contributed by atoms with E-state index in [-0.39, 0.29) is 5.91 Å². The Hall–Kier alpha value is -1.51. The Bertz CT molecular complexity index is 384. The summed E-state index contributed by atoms with van der Waals surface area (Å²) in [7, 11) is 1.65. The van der Waals surface area contributed by atoms with Crippen molar-refractivity contribution in [2.24, 2.45) is 0 Å². The molecule has 0 unspecified atom stereocenters. The van der Waals surface area contributed by atoms with Gasteiger partial charge in [0.05, 0.1) is 7.11 Å². The molecule has 0 aliphatic rings. The topological polar surface area (TPSA) is 29.5 Å². The van der Waals surface area contributed by atoms with E-state index in [4.69, 9.17) is 4.74 Å². The lowest BCUT2D eigenvalue weighted by Gasteiger charge is -2.19. The third-order valence-corrected chi connectivity index (χ3v) is 2.96. The molecule has 0 spiro atoms. The third-order valence-electron chi connectivity index (χ3n) is 2.96. The molecule has 1 amide bonds. The molecular weight excluding hydrogens is 214 g/mol. The second-order valence-corrected chi connectivity index (χ2v) is 3.86. The number of aryl methyl sites for hydroxylation is 1. The number of benzene rings is 1. The molecule has 1 aromatic rings. The zero-order valence-electron chi connectivity index (χ0n) is 11.1. The summed E-state index contributed by atoms with van der Waals surface area (Å²) in [5, 5.41) is 0. The number of hydrogen-bond donors (Lipinski definition) is 0. The summed E-state index contributed by atoms with van der Waals surface area (Å²) in [6.07, 6.45) is 0.864. The minimum Gasteiger partial charge on any atom is -0.496 e. The number of ether oxygens (including phenoxy) is 1. The fraction of sp³-hybridized carbons (Fsp3) is 0.500. The van der Waals surface area contributed by atoms with Crippen molar-refractivity contribution in [3.05, 3.63) is 29.3 Å². The molecule has 17 heavy (non-hydrogen) atoms. The van der Waals surface area contributed by atoms with Crippen LogP contribution in [0.2, 0.25) is 0 Å². The monoisotopic (exact) mass is 235 g/mol. The molecule has 3 heteroatoms. The van der Waals surface area contributed by atoms with Crippen LogP contribution in [0.15, 0.2) is 18.2 Å². The van der Waals surface area contributed by atoms with Gasteiger partial charge in [-0.1, -0.05) is 6.92 Å². The van der Waals surface area contributed by atoms with Gasteiger partial charge >= 0.3 is 0 Å². The first-order valence-corrected chi connectivity index (χ1v) is 6.14. The number of hydrogen-bond acceptors (Lipinski definition) is 2. The summed E-state index contributed by atoms with van der Waals surface area (Å²) in [5.41, 5.74) is 1.82. The van der Waals surface area contributed by atoms with Crippen molar-refractivity contribution < 1.29 is 9.53 Å². The van der Waals surface area contributed by atoms with Crippen LogP contribution in [-0.2, 0) is 6.42 Å². The van der Waals surface area contributed by atoms with Gasteiger partial charge in [-0.05, 0) is 44.0 Å². The summed E-state index contributed by atoms with van der Waals surface area (Å²) in [4.78, 5) is 14.0. The van der Waals surface area contributed by atoms with Gasteiger partial charge in [0.25, 0.3) is 5.91 Å². The van der Waals surface area contributed by atoms with Crippen molar-refractivity contribution in [2.75, 3.05) is 20.2 Å². The Morgan fingerprint density at radius 2 is 1.88 bits per heavy atom.